The first-order valence-corrected chi connectivity index (χ1v) is 2.37. The summed E-state index contributed by atoms with van der Waals surface area (Å²) in [5.41, 5.74) is 0. The molecule has 0 rings (SSSR count). The first-order valence-electron chi connectivity index (χ1n) is 1.06. The smallest absolute Gasteiger partial charge is 0.248 e. The van der Waals surface area contributed by atoms with E-state index in [1.54, 1.807) is 0 Å². The van der Waals surface area contributed by atoms with E-state index >= 15 is 0 Å². The maximum Gasteiger partial charge on any atom is 1.00 e. The summed E-state index contributed by atoms with van der Waals surface area (Å²) in [6.45, 7) is 0. The van der Waals surface area contributed by atoms with Crippen LogP contribution in [-0.2, 0) is 14.7 Å². The molecule has 3 nitrogen and oxygen atoms in total. The fourth-order valence-electron chi connectivity index (χ4n) is 0. The van der Waals surface area contributed by atoms with E-state index in [0.29, 0.717) is 0 Å². The van der Waals surface area contributed by atoms with Crippen molar-refractivity contribution in [3.05, 3.63) is 0 Å². The quantitative estimate of drug-likeness (QED) is 0.283. The van der Waals surface area contributed by atoms with E-state index in [0.717, 1.165) is 7.11 Å². The van der Waals surface area contributed by atoms with Crippen LogP contribution in [0.4, 0.5) is 3.89 Å². The molecule has 0 unspecified atom stereocenters. The minimum absolute atomic E-state index is 0. The third kappa shape index (κ3) is 10.9. The molecule has 0 aliphatic heterocycles. The predicted octanol–water partition coefficient (Wildman–Crippen LogP) is -3.15. The van der Waals surface area contributed by atoms with Crippen molar-refractivity contribution in [2.24, 2.45) is 0 Å². The van der Waals surface area contributed by atoms with Crippen LogP contribution in [0.25, 0.3) is 0 Å². The fraction of sp³-hybridized carbons (Fsp3) is 1.00. The molecule has 0 heterocycles. The Morgan fingerprint density at radius 1 is 1.57 bits per heavy atom. The average Bonchev–Trinajstić information content (AvgIpc) is 1.35. The zero-order valence-corrected chi connectivity index (χ0v) is 6.83. The van der Waals surface area contributed by atoms with Gasteiger partial charge in [0.05, 0.1) is 7.11 Å². The van der Waals surface area contributed by atoms with Gasteiger partial charge in [-0.15, -0.1) is 0 Å². The van der Waals surface area contributed by atoms with Gasteiger partial charge in [0.1, 0.15) is 0 Å². The van der Waals surface area contributed by atoms with Gasteiger partial charge in [-0.1, -0.05) is 3.89 Å². The van der Waals surface area contributed by atoms with Crippen LogP contribution in [0.2, 0.25) is 0 Å². The van der Waals surface area contributed by atoms with E-state index in [1.165, 1.54) is 0 Å². The van der Waals surface area contributed by atoms with Gasteiger partial charge < -0.3 is 0 Å². The second-order valence-electron chi connectivity index (χ2n) is 0.560. The number of halogens is 1. The molecule has 0 saturated heterocycles. The maximum atomic E-state index is 10.9. The van der Waals surface area contributed by atoms with Gasteiger partial charge in [-0.2, -0.15) is 8.42 Å². The van der Waals surface area contributed by atoms with Crippen molar-refractivity contribution in [2.75, 3.05) is 7.11 Å². The molecule has 0 aromatic heterocycles. The largest absolute Gasteiger partial charge is 1.00 e. The van der Waals surface area contributed by atoms with Crippen LogP contribution in [0.5, 0.6) is 0 Å². The van der Waals surface area contributed by atoms with Crippen LogP contribution >= 0.6 is 0 Å². The molecule has 0 bridgehead atoms. The molecule has 0 N–H and O–H groups in total. The Balaban J connectivity index is 0. The molecule has 0 atom stereocenters. The summed E-state index contributed by atoms with van der Waals surface area (Å²) in [6, 6.07) is 0. The average molecular weight is 137 g/mol. The SMILES string of the molecule is COS(=O)(=O)F.[Na+]. The molecule has 0 aromatic carbocycles. The fourth-order valence-corrected chi connectivity index (χ4v) is 0. The zero-order chi connectivity index (χ0) is 5.21. The molecular weight excluding hydrogens is 134 g/mol. The molecule has 0 saturated carbocycles. The first-order chi connectivity index (χ1) is 2.56. The Hall–Kier alpha value is 0.840. The van der Waals surface area contributed by atoms with Crippen molar-refractivity contribution in [3.8, 4) is 0 Å². The first kappa shape index (κ1) is 10.8. The second kappa shape index (κ2) is 3.80. The molecule has 7 heavy (non-hydrogen) atoms. The van der Waals surface area contributed by atoms with Crippen LogP contribution in [-0.4, -0.2) is 15.5 Å². The summed E-state index contributed by atoms with van der Waals surface area (Å²) < 4.78 is 32.3. The van der Waals surface area contributed by atoms with Gasteiger partial charge in [0.2, 0.25) is 0 Å². The van der Waals surface area contributed by atoms with Crippen LogP contribution < -0.4 is 29.6 Å². The van der Waals surface area contributed by atoms with Crippen LogP contribution in [0, 0.1) is 0 Å². The van der Waals surface area contributed by atoms with Gasteiger partial charge in [-0.25, -0.2) is 4.18 Å². The number of hydrogen-bond donors (Lipinski definition) is 0. The Morgan fingerprint density at radius 2 is 1.71 bits per heavy atom. The molecule has 0 amide bonds. The van der Waals surface area contributed by atoms with E-state index < -0.39 is 10.5 Å². The van der Waals surface area contributed by atoms with Gasteiger partial charge in [0.15, 0.2) is 0 Å². The molecule has 0 radical (unpaired) electrons. The third-order valence-electron chi connectivity index (χ3n) is 0.199. The summed E-state index contributed by atoms with van der Waals surface area (Å²) in [6.07, 6.45) is 0. The van der Waals surface area contributed by atoms with Crippen molar-refractivity contribution in [2.45, 2.75) is 0 Å². The molecule has 0 spiro atoms. The van der Waals surface area contributed by atoms with Crippen molar-refractivity contribution in [1.82, 2.24) is 0 Å². The van der Waals surface area contributed by atoms with Crippen molar-refractivity contribution in [3.63, 3.8) is 0 Å². The normalized spacial score (nSPS) is 10.0. The third-order valence-corrected chi connectivity index (χ3v) is 0.597. The summed E-state index contributed by atoms with van der Waals surface area (Å²) in [7, 11) is -3.92. The van der Waals surface area contributed by atoms with Gasteiger partial charge in [-0.05, 0) is 0 Å². The van der Waals surface area contributed by atoms with Gasteiger partial charge in [0, 0.05) is 0 Å². The second-order valence-corrected chi connectivity index (χ2v) is 1.68. The molecular formula is CH3FNaO3S+. The van der Waals surface area contributed by atoms with Crippen molar-refractivity contribution >= 4 is 10.5 Å². The zero-order valence-electron chi connectivity index (χ0n) is 4.01. The van der Waals surface area contributed by atoms with E-state index in [9.17, 15) is 3.89 Å². The van der Waals surface area contributed by atoms with E-state index in [1.807, 2.05) is 0 Å². The van der Waals surface area contributed by atoms with E-state index in [-0.39, 0.29) is 29.6 Å². The van der Waals surface area contributed by atoms with Crippen molar-refractivity contribution < 1.29 is 46.0 Å². The summed E-state index contributed by atoms with van der Waals surface area (Å²) >= 11 is 0. The van der Waals surface area contributed by atoms with Crippen LogP contribution in [0.1, 0.15) is 0 Å². The van der Waals surface area contributed by atoms with Gasteiger partial charge in [-0.3, -0.25) is 0 Å². The Morgan fingerprint density at radius 3 is 1.71 bits per heavy atom. The molecule has 6 heteroatoms. The summed E-state index contributed by atoms with van der Waals surface area (Å²) in [5, 5.41) is 0. The van der Waals surface area contributed by atoms with Gasteiger partial charge in [0.25, 0.3) is 0 Å². The minimum atomic E-state index is -4.66. The Kier molecular flexibility index (Phi) is 5.83. The monoisotopic (exact) mass is 137 g/mol. The summed E-state index contributed by atoms with van der Waals surface area (Å²) in [5.74, 6) is 0. The van der Waals surface area contributed by atoms with Crippen LogP contribution in [0.15, 0.2) is 0 Å². The predicted molar refractivity (Wildman–Crippen MR) is 17.0 cm³/mol. The Bertz CT molecular complexity index is 117. The molecule has 0 aliphatic carbocycles. The Labute approximate surface area is 63.6 Å². The molecule has 0 fully saturated rings. The number of hydrogen-bond acceptors (Lipinski definition) is 3. The van der Waals surface area contributed by atoms with Crippen molar-refractivity contribution in [1.29, 1.82) is 0 Å². The van der Waals surface area contributed by atoms with E-state index in [2.05, 4.69) is 4.18 Å². The number of rotatable bonds is 1. The molecule has 0 aromatic rings. The molecule has 0 aliphatic rings. The van der Waals surface area contributed by atoms with E-state index in [4.69, 9.17) is 8.42 Å². The summed E-state index contributed by atoms with van der Waals surface area (Å²) in [4.78, 5) is 0. The minimum Gasteiger partial charge on any atom is -0.248 e. The topological polar surface area (TPSA) is 43.4 Å². The maximum absolute atomic E-state index is 10.9. The standard InChI is InChI=1S/CH3FO3S.Na/c1-5-6(2,3)4;/h1H3;/q;+1. The van der Waals surface area contributed by atoms with Gasteiger partial charge >= 0.3 is 40.1 Å². The van der Waals surface area contributed by atoms with Crippen LogP contribution in [0.3, 0.4) is 0 Å². The molecule has 38 valence electrons.